The minimum atomic E-state index is -0.468. The second kappa shape index (κ2) is 7.40. The Labute approximate surface area is 155 Å². The summed E-state index contributed by atoms with van der Waals surface area (Å²) in [5.74, 6) is 1.24. The van der Waals surface area contributed by atoms with Gasteiger partial charge < -0.3 is 10.2 Å². The molecule has 2 rings (SSSR count). The highest BCUT2D eigenvalue weighted by Gasteiger charge is 2.39. The number of nitrogens with one attached hydrogen (secondary N) is 1. The first-order chi connectivity index (χ1) is 11.5. The standard InChI is InChI=1S/C20H30N2O2S/c1-14-8-7-9-15(10-14)20(5,6)12-21-17(23)16-11-25-13-22(16)18(24)19(2,3)4/h7-10,16H,11-13H2,1-6H3,(H,21,23). The Kier molecular flexibility index (Phi) is 5.87. The third kappa shape index (κ3) is 4.78. The van der Waals surface area contributed by atoms with Crippen LogP contribution in [0.1, 0.15) is 45.7 Å². The molecule has 1 saturated heterocycles. The summed E-state index contributed by atoms with van der Waals surface area (Å²) in [6.45, 7) is 12.6. The summed E-state index contributed by atoms with van der Waals surface area (Å²) >= 11 is 1.64. The number of amides is 2. The van der Waals surface area contributed by atoms with Gasteiger partial charge in [0.15, 0.2) is 0 Å². The third-order valence-corrected chi connectivity index (χ3v) is 5.60. The van der Waals surface area contributed by atoms with E-state index in [1.165, 1.54) is 11.1 Å². The number of thioether (sulfide) groups is 1. The van der Waals surface area contributed by atoms with Crippen molar-refractivity contribution in [2.45, 2.75) is 53.0 Å². The van der Waals surface area contributed by atoms with E-state index in [0.29, 0.717) is 18.2 Å². The Balaban J connectivity index is 2.03. The van der Waals surface area contributed by atoms with Gasteiger partial charge in [-0.2, -0.15) is 0 Å². The Morgan fingerprint density at radius 3 is 2.52 bits per heavy atom. The molecule has 138 valence electrons. The largest absolute Gasteiger partial charge is 0.353 e. The fourth-order valence-electron chi connectivity index (χ4n) is 2.88. The Morgan fingerprint density at radius 1 is 1.24 bits per heavy atom. The zero-order chi connectivity index (χ0) is 18.8. The molecule has 0 bridgehead atoms. The maximum atomic E-state index is 12.7. The van der Waals surface area contributed by atoms with E-state index in [4.69, 9.17) is 0 Å². The molecule has 0 aromatic heterocycles. The summed E-state index contributed by atoms with van der Waals surface area (Å²) in [6.07, 6.45) is 0. The maximum Gasteiger partial charge on any atom is 0.243 e. The molecule has 0 saturated carbocycles. The van der Waals surface area contributed by atoms with Crippen LogP contribution in [-0.2, 0) is 15.0 Å². The van der Waals surface area contributed by atoms with Gasteiger partial charge in [-0.25, -0.2) is 0 Å². The van der Waals surface area contributed by atoms with Crippen LogP contribution in [0.5, 0.6) is 0 Å². The van der Waals surface area contributed by atoms with E-state index in [-0.39, 0.29) is 23.3 Å². The van der Waals surface area contributed by atoms with E-state index in [1.807, 2.05) is 26.8 Å². The first-order valence-electron chi connectivity index (χ1n) is 8.76. The number of hydrogen-bond acceptors (Lipinski definition) is 3. The first kappa shape index (κ1) is 19.8. The van der Waals surface area contributed by atoms with Crippen molar-refractivity contribution in [3.63, 3.8) is 0 Å². The normalized spacial score (nSPS) is 18.3. The van der Waals surface area contributed by atoms with Crippen LogP contribution in [0.25, 0.3) is 0 Å². The van der Waals surface area contributed by atoms with E-state index in [9.17, 15) is 9.59 Å². The lowest BCUT2D eigenvalue weighted by Crippen LogP contribution is -2.51. The molecule has 5 heteroatoms. The Morgan fingerprint density at radius 2 is 1.92 bits per heavy atom. The zero-order valence-electron chi connectivity index (χ0n) is 16.2. The van der Waals surface area contributed by atoms with Crippen LogP contribution in [0.3, 0.4) is 0 Å². The highest BCUT2D eigenvalue weighted by atomic mass is 32.2. The molecule has 1 aromatic carbocycles. The van der Waals surface area contributed by atoms with Crippen molar-refractivity contribution in [3.8, 4) is 0 Å². The van der Waals surface area contributed by atoms with E-state index in [2.05, 4.69) is 44.3 Å². The minimum absolute atomic E-state index is 0.0376. The molecule has 1 aliphatic rings. The number of benzene rings is 1. The van der Waals surface area contributed by atoms with Gasteiger partial charge in [-0.3, -0.25) is 9.59 Å². The van der Waals surface area contributed by atoms with Gasteiger partial charge in [-0.05, 0) is 12.5 Å². The third-order valence-electron chi connectivity index (χ3n) is 4.59. The maximum absolute atomic E-state index is 12.7. The lowest BCUT2D eigenvalue weighted by atomic mass is 9.84. The highest BCUT2D eigenvalue weighted by molar-refractivity contribution is 7.99. The predicted molar refractivity (Wildman–Crippen MR) is 105 cm³/mol. The molecule has 0 spiro atoms. The fraction of sp³-hybridized carbons (Fsp3) is 0.600. The van der Waals surface area contributed by atoms with E-state index in [1.54, 1.807) is 16.7 Å². The monoisotopic (exact) mass is 362 g/mol. The molecule has 1 aliphatic heterocycles. The van der Waals surface area contributed by atoms with Gasteiger partial charge in [0.2, 0.25) is 11.8 Å². The molecule has 1 unspecified atom stereocenters. The van der Waals surface area contributed by atoms with Gasteiger partial charge in [0.05, 0.1) is 5.88 Å². The summed E-state index contributed by atoms with van der Waals surface area (Å²) in [6, 6.07) is 8.01. The molecular formula is C20H30N2O2S. The smallest absolute Gasteiger partial charge is 0.243 e. The molecule has 1 atom stereocenters. The summed E-state index contributed by atoms with van der Waals surface area (Å²) in [5, 5.41) is 3.07. The van der Waals surface area contributed by atoms with Gasteiger partial charge in [0.25, 0.3) is 0 Å². The average Bonchev–Trinajstić information content (AvgIpc) is 3.00. The van der Waals surface area contributed by atoms with Gasteiger partial charge in [-0.1, -0.05) is 64.4 Å². The Bertz CT molecular complexity index is 649. The number of nitrogens with zero attached hydrogens (tertiary/aromatic N) is 1. The molecule has 1 heterocycles. The number of carbonyl (C=O) groups is 2. The number of hydrogen-bond donors (Lipinski definition) is 1. The van der Waals surface area contributed by atoms with Crippen molar-refractivity contribution in [1.29, 1.82) is 0 Å². The molecule has 1 N–H and O–H groups in total. The molecule has 4 nitrogen and oxygen atoms in total. The Hall–Kier alpha value is -1.49. The van der Waals surface area contributed by atoms with Crippen molar-refractivity contribution in [2.24, 2.45) is 5.41 Å². The summed E-state index contributed by atoms with van der Waals surface area (Å²) in [4.78, 5) is 27.0. The molecule has 1 fully saturated rings. The van der Waals surface area contributed by atoms with Crippen LogP contribution in [0.4, 0.5) is 0 Å². The van der Waals surface area contributed by atoms with E-state index >= 15 is 0 Å². The minimum Gasteiger partial charge on any atom is -0.353 e. The lowest BCUT2D eigenvalue weighted by Gasteiger charge is -2.31. The molecular weight excluding hydrogens is 332 g/mol. The van der Waals surface area contributed by atoms with Crippen molar-refractivity contribution in [1.82, 2.24) is 10.2 Å². The quantitative estimate of drug-likeness (QED) is 0.894. The SMILES string of the molecule is Cc1cccc(C(C)(C)CNC(=O)C2CSCN2C(=O)C(C)(C)C)c1. The van der Waals surface area contributed by atoms with Gasteiger partial charge in [0.1, 0.15) is 6.04 Å². The molecule has 0 radical (unpaired) electrons. The summed E-state index contributed by atoms with van der Waals surface area (Å²) < 4.78 is 0. The molecule has 25 heavy (non-hydrogen) atoms. The van der Waals surface area contributed by atoms with E-state index in [0.717, 1.165) is 0 Å². The topological polar surface area (TPSA) is 49.4 Å². The second-order valence-electron chi connectivity index (χ2n) is 8.51. The van der Waals surface area contributed by atoms with Crippen LogP contribution in [0.2, 0.25) is 0 Å². The zero-order valence-corrected chi connectivity index (χ0v) is 17.0. The lowest BCUT2D eigenvalue weighted by molar-refractivity contribution is -0.144. The van der Waals surface area contributed by atoms with Crippen molar-refractivity contribution >= 4 is 23.6 Å². The van der Waals surface area contributed by atoms with Gasteiger partial charge in [0, 0.05) is 23.1 Å². The van der Waals surface area contributed by atoms with Gasteiger partial charge >= 0.3 is 0 Å². The number of rotatable bonds is 4. The van der Waals surface area contributed by atoms with Crippen LogP contribution >= 0.6 is 11.8 Å². The van der Waals surface area contributed by atoms with Crippen LogP contribution < -0.4 is 5.32 Å². The number of aryl methyl sites for hydroxylation is 1. The molecule has 0 aliphatic carbocycles. The number of carbonyl (C=O) groups excluding carboxylic acids is 2. The van der Waals surface area contributed by atoms with Crippen LogP contribution in [0, 0.1) is 12.3 Å². The second-order valence-corrected chi connectivity index (χ2v) is 9.51. The first-order valence-corrected chi connectivity index (χ1v) is 9.91. The van der Waals surface area contributed by atoms with E-state index < -0.39 is 5.41 Å². The predicted octanol–water partition coefficient (Wildman–Crippen LogP) is 3.34. The molecule has 2 amide bonds. The highest BCUT2D eigenvalue weighted by Crippen LogP contribution is 2.28. The van der Waals surface area contributed by atoms with Gasteiger partial charge in [-0.15, -0.1) is 11.8 Å². The van der Waals surface area contributed by atoms with Crippen molar-refractivity contribution in [3.05, 3.63) is 35.4 Å². The van der Waals surface area contributed by atoms with Crippen molar-refractivity contribution in [2.75, 3.05) is 18.2 Å². The summed E-state index contributed by atoms with van der Waals surface area (Å²) in [5.41, 5.74) is 1.79. The molecule has 1 aromatic rings. The van der Waals surface area contributed by atoms with Crippen molar-refractivity contribution < 1.29 is 9.59 Å². The summed E-state index contributed by atoms with van der Waals surface area (Å²) in [7, 11) is 0. The fourth-order valence-corrected chi connectivity index (χ4v) is 4.04. The average molecular weight is 363 g/mol. The van der Waals surface area contributed by atoms with Crippen LogP contribution in [0.15, 0.2) is 24.3 Å². The van der Waals surface area contributed by atoms with Crippen LogP contribution in [-0.4, -0.2) is 40.9 Å².